The quantitative estimate of drug-likeness (QED) is 0.776. The first-order valence-corrected chi connectivity index (χ1v) is 6.95. The molecule has 2 rings (SSSR count). The molecule has 0 N–H and O–H groups in total. The number of halogens is 4. The Labute approximate surface area is 123 Å². The Morgan fingerprint density at radius 2 is 1.80 bits per heavy atom. The van der Waals surface area contributed by atoms with Gasteiger partial charge in [0.1, 0.15) is 0 Å². The number of hydrogen-bond acceptors (Lipinski definition) is 2. The largest absolute Gasteiger partial charge is 0.416 e. The van der Waals surface area contributed by atoms with E-state index in [1.807, 2.05) is 4.90 Å². The molecule has 0 bridgehead atoms. The molecule has 1 aromatic rings. The van der Waals surface area contributed by atoms with Gasteiger partial charge in [0.05, 0.1) is 11.3 Å². The summed E-state index contributed by atoms with van der Waals surface area (Å²) in [6.45, 7) is 3.92. The first-order valence-electron chi connectivity index (χ1n) is 6.16. The standard InChI is InChI=1S/C13H14BrF3N2O/c1-9(20)18-4-6-19(7-5-18)12-3-2-10(8-11(12)14)13(15,16)17/h2-3,8H,4-7H2,1H3. The second-order valence-electron chi connectivity index (χ2n) is 4.66. The maximum atomic E-state index is 12.6. The molecule has 0 spiro atoms. The molecular formula is C13H14BrF3N2O. The normalized spacial score (nSPS) is 16.4. The number of rotatable bonds is 1. The minimum Gasteiger partial charge on any atom is -0.367 e. The molecule has 1 fully saturated rings. The van der Waals surface area contributed by atoms with E-state index in [1.165, 1.54) is 13.0 Å². The number of amides is 1. The SMILES string of the molecule is CC(=O)N1CCN(c2ccc(C(F)(F)F)cc2Br)CC1. The zero-order valence-electron chi connectivity index (χ0n) is 10.9. The molecule has 0 aromatic heterocycles. The molecule has 0 aliphatic carbocycles. The van der Waals surface area contributed by atoms with Gasteiger partial charge in [0.25, 0.3) is 0 Å². The summed E-state index contributed by atoms with van der Waals surface area (Å²) in [5, 5.41) is 0. The molecule has 1 amide bonds. The molecule has 0 radical (unpaired) electrons. The summed E-state index contributed by atoms with van der Waals surface area (Å²) in [7, 11) is 0. The van der Waals surface area contributed by atoms with Crippen LogP contribution in [-0.4, -0.2) is 37.0 Å². The molecule has 20 heavy (non-hydrogen) atoms. The first kappa shape index (κ1) is 15.2. The van der Waals surface area contributed by atoms with Crippen LogP contribution in [0.3, 0.4) is 0 Å². The molecule has 1 aromatic carbocycles. The van der Waals surface area contributed by atoms with Crippen LogP contribution < -0.4 is 4.90 Å². The van der Waals surface area contributed by atoms with Crippen molar-refractivity contribution in [2.24, 2.45) is 0 Å². The van der Waals surface area contributed by atoms with Crippen LogP contribution in [0.15, 0.2) is 22.7 Å². The Hall–Kier alpha value is -1.24. The van der Waals surface area contributed by atoms with E-state index < -0.39 is 11.7 Å². The van der Waals surface area contributed by atoms with Gasteiger partial charge in [-0.1, -0.05) is 0 Å². The first-order chi connectivity index (χ1) is 9.29. The molecule has 1 saturated heterocycles. The topological polar surface area (TPSA) is 23.6 Å². The highest BCUT2D eigenvalue weighted by Crippen LogP contribution is 2.35. The Balaban J connectivity index is 2.13. The summed E-state index contributed by atoms with van der Waals surface area (Å²) >= 11 is 3.20. The number of alkyl halides is 3. The zero-order valence-corrected chi connectivity index (χ0v) is 12.5. The van der Waals surface area contributed by atoms with E-state index in [0.29, 0.717) is 30.7 Å². The summed E-state index contributed by atoms with van der Waals surface area (Å²) in [4.78, 5) is 14.9. The summed E-state index contributed by atoms with van der Waals surface area (Å²) in [6, 6.07) is 3.64. The van der Waals surface area contributed by atoms with Gasteiger partial charge in [-0.05, 0) is 34.1 Å². The van der Waals surface area contributed by atoms with Crippen LogP contribution in [0.4, 0.5) is 18.9 Å². The van der Waals surface area contributed by atoms with Crippen molar-refractivity contribution in [3.8, 4) is 0 Å². The van der Waals surface area contributed by atoms with E-state index >= 15 is 0 Å². The fraction of sp³-hybridized carbons (Fsp3) is 0.462. The summed E-state index contributed by atoms with van der Waals surface area (Å²) in [5.74, 6) is 0.0242. The third-order valence-electron chi connectivity index (χ3n) is 3.34. The molecule has 0 atom stereocenters. The Bertz CT molecular complexity index is 511. The second kappa shape index (κ2) is 5.63. The van der Waals surface area contributed by atoms with Gasteiger partial charge in [0, 0.05) is 37.6 Å². The fourth-order valence-electron chi connectivity index (χ4n) is 2.20. The van der Waals surface area contributed by atoms with Crippen molar-refractivity contribution in [2.45, 2.75) is 13.1 Å². The third-order valence-corrected chi connectivity index (χ3v) is 3.98. The lowest BCUT2D eigenvalue weighted by atomic mass is 10.1. The van der Waals surface area contributed by atoms with Gasteiger partial charge in [-0.2, -0.15) is 13.2 Å². The number of piperazine rings is 1. The molecular weight excluding hydrogens is 337 g/mol. The van der Waals surface area contributed by atoms with Crippen molar-refractivity contribution >= 4 is 27.5 Å². The van der Waals surface area contributed by atoms with Gasteiger partial charge >= 0.3 is 6.18 Å². The Kier molecular flexibility index (Phi) is 4.27. The van der Waals surface area contributed by atoms with E-state index in [4.69, 9.17) is 0 Å². The van der Waals surface area contributed by atoms with Crippen molar-refractivity contribution < 1.29 is 18.0 Å². The minimum absolute atomic E-state index is 0.0242. The molecule has 1 aliphatic rings. The number of carbonyl (C=O) groups is 1. The van der Waals surface area contributed by atoms with Gasteiger partial charge in [0.2, 0.25) is 5.91 Å². The molecule has 7 heteroatoms. The van der Waals surface area contributed by atoms with Crippen molar-refractivity contribution in [1.29, 1.82) is 0 Å². The average molecular weight is 351 g/mol. The highest BCUT2D eigenvalue weighted by atomic mass is 79.9. The molecule has 1 aliphatic heterocycles. The van der Waals surface area contributed by atoms with Gasteiger partial charge in [-0.25, -0.2) is 0 Å². The van der Waals surface area contributed by atoms with Crippen LogP contribution in [0.2, 0.25) is 0 Å². The van der Waals surface area contributed by atoms with Crippen LogP contribution in [0.1, 0.15) is 12.5 Å². The van der Waals surface area contributed by atoms with Gasteiger partial charge < -0.3 is 9.80 Å². The molecule has 110 valence electrons. The fourth-order valence-corrected chi connectivity index (χ4v) is 2.83. The maximum Gasteiger partial charge on any atom is 0.416 e. The number of nitrogens with zero attached hydrogens (tertiary/aromatic N) is 2. The average Bonchev–Trinajstić information content (AvgIpc) is 2.37. The molecule has 3 nitrogen and oxygen atoms in total. The second-order valence-corrected chi connectivity index (χ2v) is 5.51. The maximum absolute atomic E-state index is 12.6. The smallest absolute Gasteiger partial charge is 0.367 e. The van der Waals surface area contributed by atoms with Crippen molar-refractivity contribution in [1.82, 2.24) is 4.90 Å². The van der Waals surface area contributed by atoms with Gasteiger partial charge in [-0.15, -0.1) is 0 Å². The summed E-state index contributed by atoms with van der Waals surface area (Å²) in [6.07, 6.45) is -4.34. The van der Waals surface area contributed by atoms with Crippen LogP contribution in [0, 0.1) is 0 Å². The van der Waals surface area contributed by atoms with Gasteiger partial charge in [-0.3, -0.25) is 4.79 Å². The Morgan fingerprint density at radius 3 is 2.25 bits per heavy atom. The highest BCUT2D eigenvalue weighted by Gasteiger charge is 2.31. The van der Waals surface area contributed by atoms with Crippen LogP contribution in [0.5, 0.6) is 0 Å². The number of benzene rings is 1. The number of carbonyl (C=O) groups excluding carboxylic acids is 1. The van der Waals surface area contributed by atoms with Gasteiger partial charge in [0.15, 0.2) is 0 Å². The predicted octanol–water partition coefficient (Wildman–Crippen LogP) is 3.14. The monoisotopic (exact) mass is 350 g/mol. The lowest BCUT2D eigenvalue weighted by molar-refractivity contribution is -0.137. The molecule has 0 unspecified atom stereocenters. The van der Waals surface area contributed by atoms with Crippen LogP contribution >= 0.6 is 15.9 Å². The molecule has 0 saturated carbocycles. The number of hydrogen-bond donors (Lipinski definition) is 0. The predicted molar refractivity (Wildman–Crippen MR) is 73.6 cm³/mol. The van der Waals surface area contributed by atoms with E-state index in [2.05, 4.69) is 15.9 Å². The van der Waals surface area contributed by atoms with E-state index in [9.17, 15) is 18.0 Å². The number of anilines is 1. The molecule has 1 heterocycles. The third kappa shape index (κ3) is 3.26. The Morgan fingerprint density at radius 1 is 1.20 bits per heavy atom. The summed E-state index contributed by atoms with van der Waals surface area (Å²) in [5.41, 5.74) is 0.0525. The van der Waals surface area contributed by atoms with E-state index in [1.54, 1.807) is 4.90 Å². The lowest BCUT2D eigenvalue weighted by Crippen LogP contribution is -2.48. The minimum atomic E-state index is -4.34. The van der Waals surface area contributed by atoms with Crippen molar-refractivity contribution in [3.63, 3.8) is 0 Å². The van der Waals surface area contributed by atoms with Crippen LogP contribution in [-0.2, 0) is 11.0 Å². The summed E-state index contributed by atoms with van der Waals surface area (Å²) < 4.78 is 38.2. The zero-order chi connectivity index (χ0) is 14.9. The van der Waals surface area contributed by atoms with E-state index in [-0.39, 0.29) is 5.91 Å². The highest BCUT2D eigenvalue weighted by molar-refractivity contribution is 9.10. The van der Waals surface area contributed by atoms with E-state index in [0.717, 1.165) is 17.8 Å². The lowest BCUT2D eigenvalue weighted by Gasteiger charge is -2.36. The van der Waals surface area contributed by atoms with Crippen molar-refractivity contribution in [2.75, 3.05) is 31.1 Å². The van der Waals surface area contributed by atoms with Crippen molar-refractivity contribution in [3.05, 3.63) is 28.2 Å². The van der Waals surface area contributed by atoms with Crippen LogP contribution in [0.25, 0.3) is 0 Å².